The van der Waals surface area contributed by atoms with Crippen LogP contribution in [0.3, 0.4) is 0 Å². The highest BCUT2D eigenvalue weighted by Gasteiger charge is 2.22. The smallest absolute Gasteiger partial charge is 0.229 e. The highest BCUT2D eigenvalue weighted by molar-refractivity contribution is 7.99. The lowest BCUT2D eigenvalue weighted by molar-refractivity contribution is -0.125. The largest absolute Gasteiger partial charge is 0.352 e. The fourth-order valence-electron chi connectivity index (χ4n) is 3.04. The van der Waals surface area contributed by atoms with Crippen molar-refractivity contribution in [1.29, 1.82) is 0 Å². The number of para-hydroxylation sites is 2. The number of amides is 2. The second-order valence-corrected chi connectivity index (χ2v) is 9.55. The van der Waals surface area contributed by atoms with Gasteiger partial charge in [-0.15, -0.1) is 11.8 Å². The van der Waals surface area contributed by atoms with E-state index in [0.29, 0.717) is 17.8 Å². The number of carbonyl (C=O) groups excluding carboxylic acids is 2. The summed E-state index contributed by atoms with van der Waals surface area (Å²) in [5, 5.41) is 2.75. The molecule has 0 radical (unpaired) electrons. The van der Waals surface area contributed by atoms with Gasteiger partial charge in [0.2, 0.25) is 21.8 Å². The summed E-state index contributed by atoms with van der Waals surface area (Å²) in [7, 11) is -3.41. The Morgan fingerprint density at radius 2 is 1.79 bits per heavy atom. The predicted molar refractivity (Wildman–Crippen MR) is 116 cm³/mol. The molecule has 0 aliphatic carbocycles. The van der Waals surface area contributed by atoms with Gasteiger partial charge in [-0.05, 0) is 23.8 Å². The van der Waals surface area contributed by atoms with E-state index in [1.807, 2.05) is 24.3 Å². The molecule has 0 unspecified atom stereocenters. The quantitative estimate of drug-likeness (QED) is 0.700. The molecule has 0 aromatic heterocycles. The van der Waals surface area contributed by atoms with Crippen molar-refractivity contribution in [2.75, 3.05) is 28.2 Å². The second kappa shape index (κ2) is 9.32. The van der Waals surface area contributed by atoms with Gasteiger partial charge in [0.05, 0.1) is 17.6 Å². The van der Waals surface area contributed by atoms with Crippen molar-refractivity contribution in [3.05, 3.63) is 54.1 Å². The number of benzene rings is 2. The maximum atomic E-state index is 12.6. The maximum Gasteiger partial charge on any atom is 0.229 e. The molecule has 2 N–H and O–H groups in total. The summed E-state index contributed by atoms with van der Waals surface area (Å²) < 4.78 is 25.4. The normalized spacial score (nSPS) is 13.5. The number of nitrogens with one attached hydrogen (secondary N) is 2. The molecule has 29 heavy (non-hydrogen) atoms. The molecule has 9 heteroatoms. The number of carbonyl (C=O) groups is 2. The minimum Gasteiger partial charge on any atom is -0.352 e. The van der Waals surface area contributed by atoms with Gasteiger partial charge in [0.25, 0.3) is 0 Å². The number of nitrogens with zero attached hydrogens (tertiary/aromatic N) is 1. The van der Waals surface area contributed by atoms with E-state index in [0.717, 1.165) is 22.6 Å². The summed E-state index contributed by atoms with van der Waals surface area (Å²) >= 11 is 1.72. The van der Waals surface area contributed by atoms with E-state index in [1.54, 1.807) is 40.9 Å². The Balaban J connectivity index is 1.53. The molecule has 3 rings (SSSR count). The molecule has 7 nitrogen and oxygen atoms in total. The minimum atomic E-state index is -3.41. The molecule has 2 aromatic rings. The van der Waals surface area contributed by atoms with Gasteiger partial charge in [-0.25, -0.2) is 8.42 Å². The Hall–Kier alpha value is -2.52. The van der Waals surface area contributed by atoms with Crippen LogP contribution >= 0.6 is 11.8 Å². The molecule has 0 saturated carbocycles. The van der Waals surface area contributed by atoms with Crippen LogP contribution in [-0.4, -0.2) is 38.8 Å². The van der Waals surface area contributed by atoms with E-state index in [2.05, 4.69) is 10.0 Å². The molecule has 2 aromatic carbocycles. The van der Waals surface area contributed by atoms with Gasteiger partial charge in [0.1, 0.15) is 0 Å². The SMILES string of the molecule is CS(=O)(=O)Nc1ccccc1CNC(=O)CCC(=O)N1CCSc2ccccc21. The zero-order valence-corrected chi connectivity index (χ0v) is 17.7. The van der Waals surface area contributed by atoms with Crippen molar-refractivity contribution in [3.8, 4) is 0 Å². The molecule has 1 aliphatic rings. The Labute approximate surface area is 174 Å². The predicted octanol–water partition coefficient (Wildman–Crippen LogP) is 2.59. The standard InChI is InChI=1S/C20H23N3O4S2/c1-29(26,27)22-16-7-3-2-6-15(16)14-21-19(24)10-11-20(25)23-12-13-28-18-9-5-4-8-17(18)23/h2-9,22H,10-14H2,1H3,(H,21,24). The van der Waals surface area contributed by atoms with Gasteiger partial charge in [-0.1, -0.05) is 30.3 Å². The summed E-state index contributed by atoms with van der Waals surface area (Å²) in [6, 6.07) is 14.6. The van der Waals surface area contributed by atoms with Gasteiger partial charge in [0, 0.05) is 36.6 Å². The zero-order chi connectivity index (χ0) is 20.9. The van der Waals surface area contributed by atoms with Crippen LogP contribution in [0.4, 0.5) is 11.4 Å². The third-order valence-electron chi connectivity index (χ3n) is 4.38. The van der Waals surface area contributed by atoms with Crippen LogP contribution in [0.15, 0.2) is 53.4 Å². The van der Waals surface area contributed by atoms with E-state index in [-0.39, 0.29) is 31.2 Å². The third-order valence-corrected chi connectivity index (χ3v) is 6.02. The highest BCUT2D eigenvalue weighted by Crippen LogP contribution is 2.34. The molecular formula is C20H23N3O4S2. The Bertz CT molecular complexity index is 1010. The van der Waals surface area contributed by atoms with Crippen molar-refractivity contribution in [2.45, 2.75) is 24.3 Å². The number of rotatable bonds is 7. The number of hydrogen-bond donors (Lipinski definition) is 2. The van der Waals surface area contributed by atoms with Crippen molar-refractivity contribution in [2.24, 2.45) is 0 Å². The van der Waals surface area contributed by atoms with E-state index in [1.165, 1.54) is 0 Å². The van der Waals surface area contributed by atoms with Crippen molar-refractivity contribution < 1.29 is 18.0 Å². The molecule has 1 heterocycles. The number of hydrogen-bond acceptors (Lipinski definition) is 5. The number of fused-ring (bicyclic) bond motifs is 1. The Morgan fingerprint density at radius 1 is 1.07 bits per heavy atom. The van der Waals surface area contributed by atoms with Gasteiger partial charge in [0.15, 0.2) is 0 Å². The van der Waals surface area contributed by atoms with Gasteiger partial charge in [-0.2, -0.15) is 0 Å². The summed E-state index contributed by atoms with van der Waals surface area (Å²) in [5.74, 6) is 0.498. The summed E-state index contributed by atoms with van der Waals surface area (Å²) in [6.45, 7) is 0.807. The van der Waals surface area contributed by atoms with Crippen LogP contribution in [0.1, 0.15) is 18.4 Å². The first-order valence-corrected chi connectivity index (χ1v) is 12.1. The first-order valence-electron chi connectivity index (χ1n) is 9.18. The van der Waals surface area contributed by atoms with Crippen LogP contribution in [0, 0.1) is 0 Å². The first-order chi connectivity index (χ1) is 13.8. The number of anilines is 2. The number of thioether (sulfide) groups is 1. The van der Waals surface area contributed by atoms with Gasteiger partial charge in [-0.3, -0.25) is 14.3 Å². The van der Waals surface area contributed by atoms with Gasteiger partial charge >= 0.3 is 0 Å². The zero-order valence-electron chi connectivity index (χ0n) is 16.1. The second-order valence-electron chi connectivity index (χ2n) is 6.67. The minimum absolute atomic E-state index is 0.0757. The lowest BCUT2D eigenvalue weighted by Gasteiger charge is -2.29. The van der Waals surface area contributed by atoms with E-state index >= 15 is 0 Å². The van der Waals surface area contributed by atoms with Crippen molar-refractivity contribution in [1.82, 2.24) is 5.32 Å². The maximum absolute atomic E-state index is 12.6. The molecule has 0 fully saturated rings. The Kier molecular flexibility index (Phi) is 6.81. The lowest BCUT2D eigenvalue weighted by Crippen LogP contribution is -2.36. The molecule has 0 saturated heterocycles. The Morgan fingerprint density at radius 3 is 2.59 bits per heavy atom. The van der Waals surface area contributed by atoms with E-state index < -0.39 is 10.0 Å². The van der Waals surface area contributed by atoms with Crippen LogP contribution in [0.5, 0.6) is 0 Å². The topological polar surface area (TPSA) is 95.6 Å². The summed E-state index contributed by atoms with van der Waals surface area (Å²) in [6.07, 6.45) is 1.27. The highest BCUT2D eigenvalue weighted by atomic mass is 32.2. The monoisotopic (exact) mass is 433 g/mol. The molecule has 154 valence electrons. The fourth-order valence-corrected chi connectivity index (χ4v) is 4.63. The molecular weight excluding hydrogens is 410 g/mol. The molecule has 0 spiro atoms. The number of sulfonamides is 1. The van der Waals surface area contributed by atoms with Crippen LogP contribution in [-0.2, 0) is 26.2 Å². The summed E-state index contributed by atoms with van der Waals surface area (Å²) in [4.78, 5) is 27.6. The fraction of sp³-hybridized carbons (Fsp3) is 0.300. The lowest BCUT2D eigenvalue weighted by atomic mass is 10.1. The molecule has 0 bridgehead atoms. The average Bonchev–Trinajstić information content (AvgIpc) is 2.69. The third kappa shape index (κ3) is 5.98. The van der Waals surface area contributed by atoms with Crippen molar-refractivity contribution >= 4 is 45.0 Å². The van der Waals surface area contributed by atoms with E-state index in [4.69, 9.17) is 0 Å². The van der Waals surface area contributed by atoms with E-state index in [9.17, 15) is 18.0 Å². The van der Waals surface area contributed by atoms with Crippen LogP contribution in [0.2, 0.25) is 0 Å². The average molecular weight is 434 g/mol. The van der Waals surface area contributed by atoms with Gasteiger partial charge < -0.3 is 10.2 Å². The first kappa shape index (κ1) is 21.2. The molecule has 0 atom stereocenters. The van der Waals surface area contributed by atoms with Crippen molar-refractivity contribution in [3.63, 3.8) is 0 Å². The molecule has 2 amide bonds. The van der Waals surface area contributed by atoms with Crippen LogP contribution < -0.4 is 14.9 Å². The molecule has 1 aliphatic heterocycles. The summed E-state index contributed by atoms with van der Waals surface area (Å²) in [5.41, 5.74) is 1.98. The van der Waals surface area contributed by atoms with Crippen LogP contribution in [0.25, 0.3) is 0 Å².